The van der Waals surface area contributed by atoms with Crippen molar-refractivity contribution in [2.75, 3.05) is 32.9 Å². The van der Waals surface area contributed by atoms with E-state index in [9.17, 15) is 9.90 Å². The Bertz CT molecular complexity index is 741. The third-order valence-electron chi connectivity index (χ3n) is 5.83. The first-order chi connectivity index (χ1) is 11.7. The minimum Gasteiger partial charge on any atom is -0.396 e. The van der Waals surface area contributed by atoms with E-state index in [1.165, 1.54) is 10.9 Å². The summed E-state index contributed by atoms with van der Waals surface area (Å²) in [6.07, 6.45) is 4.11. The van der Waals surface area contributed by atoms with Crippen LogP contribution in [0.25, 0.3) is 10.9 Å². The van der Waals surface area contributed by atoms with Crippen molar-refractivity contribution in [3.63, 3.8) is 0 Å². The van der Waals surface area contributed by atoms with Crippen molar-refractivity contribution in [2.24, 2.45) is 11.3 Å². The number of fused-ring (bicyclic) bond motifs is 2. The molecule has 4 rings (SSSR count). The maximum absolute atomic E-state index is 12.7. The number of aryl methyl sites for hydroxylation is 1. The van der Waals surface area contributed by atoms with Gasteiger partial charge in [-0.1, -0.05) is 18.2 Å². The topological polar surface area (TPSA) is 65.6 Å². The number of likely N-dealkylation sites (tertiary alicyclic amines) is 1. The van der Waals surface area contributed by atoms with Gasteiger partial charge in [-0.2, -0.15) is 0 Å². The number of hydrogen-bond donors (Lipinski definition) is 2. The van der Waals surface area contributed by atoms with E-state index in [2.05, 4.69) is 17.1 Å². The Hall–Kier alpha value is -1.85. The molecule has 5 heteroatoms. The summed E-state index contributed by atoms with van der Waals surface area (Å²) in [4.78, 5) is 17.9. The van der Waals surface area contributed by atoms with Gasteiger partial charge in [-0.3, -0.25) is 4.79 Å². The van der Waals surface area contributed by atoms with E-state index >= 15 is 0 Å². The Morgan fingerprint density at radius 3 is 3.12 bits per heavy atom. The standard InChI is InChI=1S/C19H24N2O3/c22-13-19-7-8-24-11-15(19)10-21(12-19)18(23)6-5-14-9-20-17-4-2-1-3-16(14)17/h1-4,9,15,20,22H,5-8,10-13H2/t15-,19-/m1/s1. The second kappa shape index (κ2) is 6.22. The normalized spacial score (nSPS) is 26.7. The summed E-state index contributed by atoms with van der Waals surface area (Å²) in [5.41, 5.74) is 2.16. The van der Waals surface area contributed by atoms with Crippen LogP contribution in [0.3, 0.4) is 0 Å². The van der Waals surface area contributed by atoms with Crippen LogP contribution in [-0.2, 0) is 16.0 Å². The van der Waals surface area contributed by atoms with Crippen LogP contribution in [0.1, 0.15) is 18.4 Å². The Morgan fingerprint density at radius 2 is 2.29 bits per heavy atom. The molecule has 0 saturated carbocycles. The van der Waals surface area contributed by atoms with E-state index in [1.807, 2.05) is 23.2 Å². The van der Waals surface area contributed by atoms with Crippen LogP contribution in [0.4, 0.5) is 0 Å². The van der Waals surface area contributed by atoms with Crippen molar-refractivity contribution in [1.82, 2.24) is 9.88 Å². The number of aromatic amines is 1. The maximum Gasteiger partial charge on any atom is 0.222 e. The smallest absolute Gasteiger partial charge is 0.222 e. The van der Waals surface area contributed by atoms with E-state index in [-0.39, 0.29) is 23.8 Å². The molecule has 2 atom stereocenters. The highest BCUT2D eigenvalue weighted by molar-refractivity contribution is 5.84. The lowest BCUT2D eigenvalue weighted by molar-refractivity contribution is -0.130. The predicted molar refractivity (Wildman–Crippen MR) is 91.6 cm³/mol. The van der Waals surface area contributed by atoms with Crippen molar-refractivity contribution >= 4 is 16.8 Å². The molecule has 0 aliphatic carbocycles. The quantitative estimate of drug-likeness (QED) is 0.902. The highest BCUT2D eigenvalue weighted by atomic mass is 16.5. The highest BCUT2D eigenvalue weighted by Crippen LogP contribution is 2.41. The van der Waals surface area contributed by atoms with E-state index in [0.717, 1.165) is 18.4 Å². The lowest BCUT2D eigenvalue weighted by atomic mass is 9.75. The van der Waals surface area contributed by atoms with Crippen LogP contribution in [0.5, 0.6) is 0 Å². The zero-order chi connectivity index (χ0) is 16.6. The molecule has 24 heavy (non-hydrogen) atoms. The number of rotatable bonds is 4. The number of hydrogen-bond acceptors (Lipinski definition) is 3. The predicted octanol–water partition coefficient (Wildman–Crippen LogP) is 1.96. The number of carbonyl (C=O) groups is 1. The van der Waals surface area contributed by atoms with Crippen molar-refractivity contribution in [2.45, 2.75) is 19.3 Å². The van der Waals surface area contributed by atoms with E-state index in [4.69, 9.17) is 4.74 Å². The molecule has 5 nitrogen and oxygen atoms in total. The first-order valence-electron chi connectivity index (χ1n) is 8.73. The molecule has 3 heterocycles. The van der Waals surface area contributed by atoms with Gasteiger partial charge >= 0.3 is 0 Å². The van der Waals surface area contributed by atoms with Crippen LogP contribution >= 0.6 is 0 Å². The Morgan fingerprint density at radius 1 is 1.42 bits per heavy atom. The fourth-order valence-corrected chi connectivity index (χ4v) is 4.23. The molecule has 2 aliphatic heterocycles. The first-order valence-corrected chi connectivity index (χ1v) is 8.73. The molecule has 2 aromatic rings. The number of benzene rings is 1. The van der Waals surface area contributed by atoms with Crippen molar-refractivity contribution < 1.29 is 14.6 Å². The fraction of sp³-hybridized carbons (Fsp3) is 0.526. The molecule has 2 fully saturated rings. The average Bonchev–Trinajstić information content (AvgIpc) is 3.21. The molecule has 2 saturated heterocycles. The number of para-hydroxylation sites is 1. The summed E-state index contributed by atoms with van der Waals surface area (Å²) in [7, 11) is 0. The molecule has 2 N–H and O–H groups in total. The molecule has 2 aliphatic rings. The van der Waals surface area contributed by atoms with Crippen LogP contribution in [0.2, 0.25) is 0 Å². The van der Waals surface area contributed by atoms with E-state index < -0.39 is 0 Å². The first kappa shape index (κ1) is 15.7. The van der Waals surface area contributed by atoms with E-state index in [0.29, 0.717) is 32.7 Å². The summed E-state index contributed by atoms with van der Waals surface area (Å²) in [6.45, 7) is 2.88. The Labute approximate surface area is 141 Å². The monoisotopic (exact) mass is 328 g/mol. The molecular formula is C19H24N2O3. The molecule has 1 amide bonds. The van der Waals surface area contributed by atoms with Crippen molar-refractivity contribution in [3.05, 3.63) is 36.0 Å². The van der Waals surface area contributed by atoms with Gasteiger partial charge in [0.15, 0.2) is 0 Å². The number of aromatic nitrogens is 1. The minimum absolute atomic E-state index is 0.144. The lowest BCUT2D eigenvalue weighted by Gasteiger charge is -2.36. The third-order valence-corrected chi connectivity index (χ3v) is 5.83. The SMILES string of the molecule is O=C(CCc1c[nH]c2ccccc12)N1C[C@@H]2COCC[C@]2(CO)C1. The van der Waals surface area contributed by atoms with Crippen LogP contribution in [0.15, 0.2) is 30.5 Å². The number of carbonyl (C=O) groups excluding carboxylic acids is 1. The Balaban J connectivity index is 1.42. The van der Waals surface area contributed by atoms with Gasteiger partial charge in [0.2, 0.25) is 5.91 Å². The summed E-state index contributed by atoms with van der Waals surface area (Å²) >= 11 is 0. The van der Waals surface area contributed by atoms with Crippen LogP contribution in [0, 0.1) is 11.3 Å². The lowest BCUT2D eigenvalue weighted by Crippen LogP contribution is -2.41. The number of nitrogens with one attached hydrogen (secondary N) is 1. The summed E-state index contributed by atoms with van der Waals surface area (Å²) in [5.74, 6) is 0.454. The van der Waals surface area contributed by atoms with Gasteiger partial charge in [-0.05, 0) is 24.5 Å². The van der Waals surface area contributed by atoms with Gasteiger partial charge in [0, 0.05) is 54.5 Å². The summed E-state index contributed by atoms with van der Waals surface area (Å²) < 4.78 is 5.55. The van der Waals surface area contributed by atoms with Crippen molar-refractivity contribution in [3.8, 4) is 0 Å². The molecule has 128 valence electrons. The van der Waals surface area contributed by atoms with E-state index in [1.54, 1.807) is 0 Å². The van der Waals surface area contributed by atoms with Gasteiger partial charge in [-0.25, -0.2) is 0 Å². The molecule has 0 spiro atoms. The van der Waals surface area contributed by atoms with Gasteiger partial charge in [0.05, 0.1) is 13.2 Å². The summed E-state index contributed by atoms with van der Waals surface area (Å²) in [5, 5.41) is 11.0. The van der Waals surface area contributed by atoms with Crippen molar-refractivity contribution in [1.29, 1.82) is 0 Å². The summed E-state index contributed by atoms with van der Waals surface area (Å²) in [6, 6.07) is 8.18. The maximum atomic E-state index is 12.7. The molecular weight excluding hydrogens is 304 g/mol. The second-order valence-electron chi connectivity index (χ2n) is 7.18. The van der Waals surface area contributed by atoms with Gasteiger partial charge < -0.3 is 19.7 Å². The molecule has 0 radical (unpaired) electrons. The fourth-order valence-electron chi connectivity index (χ4n) is 4.23. The Kier molecular flexibility index (Phi) is 4.06. The third kappa shape index (κ3) is 2.62. The molecule has 1 aromatic heterocycles. The number of nitrogens with zero attached hydrogens (tertiary/aromatic N) is 1. The number of aliphatic hydroxyl groups excluding tert-OH is 1. The number of aliphatic hydroxyl groups is 1. The zero-order valence-corrected chi connectivity index (χ0v) is 13.8. The molecule has 0 bridgehead atoms. The number of ether oxygens (including phenoxy) is 1. The van der Waals surface area contributed by atoms with Gasteiger partial charge in [0.1, 0.15) is 0 Å². The average molecular weight is 328 g/mol. The second-order valence-corrected chi connectivity index (χ2v) is 7.18. The van der Waals surface area contributed by atoms with Crippen LogP contribution < -0.4 is 0 Å². The minimum atomic E-state index is -0.144. The molecule has 1 aromatic carbocycles. The number of amides is 1. The highest BCUT2D eigenvalue weighted by Gasteiger charge is 2.48. The van der Waals surface area contributed by atoms with Gasteiger partial charge in [0.25, 0.3) is 0 Å². The number of H-pyrrole nitrogens is 1. The van der Waals surface area contributed by atoms with Crippen LogP contribution in [-0.4, -0.2) is 53.8 Å². The zero-order valence-electron chi connectivity index (χ0n) is 13.8. The largest absolute Gasteiger partial charge is 0.396 e. The molecule has 0 unspecified atom stereocenters. The van der Waals surface area contributed by atoms with Gasteiger partial charge in [-0.15, -0.1) is 0 Å².